The summed E-state index contributed by atoms with van der Waals surface area (Å²) in [6, 6.07) is 2.47. The van der Waals surface area contributed by atoms with E-state index < -0.39 is 0 Å². The molecule has 0 saturated heterocycles. The maximum atomic E-state index is 4.35. The summed E-state index contributed by atoms with van der Waals surface area (Å²) in [7, 11) is 0. The minimum atomic E-state index is 0.465. The molecule has 2 aromatic heterocycles. The molecule has 0 saturated carbocycles. The van der Waals surface area contributed by atoms with Gasteiger partial charge >= 0.3 is 0 Å². The van der Waals surface area contributed by atoms with E-state index in [4.69, 9.17) is 0 Å². The highest BCUT2D eigenvalue weighted by atomic mass is 79.9. The second-order valence-electron chi connectivity index (χ2n) is 4.17. The highest BCUT2D eigenvalue weighted by Gasteiger charge is 2.02. The molecular weight excluding hydrogens is 280 g/mol. The van der Waals surface area contributed by atoms with E-state index >= 15 is 0 Å². The quantitative estimate of drug-likeness (QED) is 0.942. The Hall–Kier alpha value is -1.20. The lowest BCUT2D eigenvalue weighted by Gasteiger charge is -2.05. The highest BCUT2D eigenvalue weighted by molar-refractivity contribution is 9.10. The van der Waals surface area contributed by atoms with Crippen LogP contribution in [0, 0.1) is 0 Å². The van der Waals surface area contributed by atoms with Crippen LogP contribution in [-0.2, 0) is 6.54 Å². The highest BCUT2D eigenvalue weighted by Crippen LogP contribution is 2.13. The first-order valence-electron chi connectivity index (χ1n) is 5.52. The van der Waals surface area contributed by atoms with Crippen molar-refractivity contribution in [3.05, 3.63) is 41.2 Å². The summed E-state index contributed by atoms with van der Waals surface area (Å²) in [6.07, 6.45) is 7.40. The molecule has 2 aromatic rings. The molecule has 2 heterocycles. The number of nitrogens with one attached hydrogen (secondary N) is 1. The molecule has 0 bridgehead atoms. The minimum absolute atomic E-state index is 0.465. The summed E-state index contributed by atoms with van der Waals surface area (Å²) in [5, 5.41) is 3.34. The molecule has 1 N–H and O–H groups in total. The summed E-state index contributed by atoms with van der Waals surface area (Å²) in [6.45, 7) is 5.02. The number of pyridine rings is 1. The van der Waals surface area contributed by atoms with E-state index in [1.165, 1.54) is 0 Å². The second kappa shape index (κ2) is 5.42. The molecule has 0 aliphatic heterocycles. The summed E-state index contributed by atoms with van der Waals surface area (Å²) >= 11 is 3.41. The van der Waals surface area contributed by atoms with Crippen LogP contribution in [-0.4, -0.2) is 20.6 Å². The zero-order valence-corrected chi connectivity index (χ0v) is 11.5. The van der Waals surface area contributed by atoms with Crippen molar-refractivity contribution in [2.75, 3.05) is 0 Å². The van der Waals surface area contributed by atoms with E-state index in [1.54, 1.807) is 12.5 Å². The fraction of sp³-hybridized carbons (Fsp3) is 0.333. The third kappa shape index (κ3) is 3.38. The van der Waals surface area contributed by atoms with Crippen molar-refractivity contribution >= 4 is 15.9 Å². The molecular formula is C12H15BrN4. The third-order valence-electron chi connectivity index (χ3n) is 2.32. The molecule has 0 amide bonds. The molecule has 0 aromatic carbocycles. The number of rotatable bonds is 4. The molecule has 0 spiro atoms. The maximum Gasteiger partial charge on any atom is 0.0996 e. The number of aromatic nitrogens is 3. The molecule has 0 aliphatic rings. The Labute approximate surface area is 109 Å². The van der Waals surface area contributed by atoms with Gasteiger partial charge < -0.3 is 9.88 Å². The zero-order valence-electron chi connectivity index (χ0n) is 9.89. The molecule has 0 radical (unpaired) electrons. The Morgan fingerprint density at radius 1 is 1.41 bits per heavy atom. The molecule has 2 rings (SSSR count). The lowest BCUT2D eigenvalue weighted by molar-refractivity contribution is 0.582. The third-order valence-corrected chi connectivity index (χ3v) is 2.75. The summed E-state index contributed by atoms with van der Waals surface area (Å²) in [4.78, 5) is 8.48. The molecule has 0 unspecified atom stereocenters. The van der Waals surface area contributed by atoms with E-state index in [0.717, 1.165) is 22.4 Å². The standard InChI is InChI=1S/C12H15BrN4/c1-9(2)15-5-11-7-17(8-16-11)12-3-10(13)4-14-6-12/h3-4,6-9,15H,5H2,1-2H3. The van der Waals surface area contributed by atoms with E-state index in [0.29, 0.717) is 6.04 Å². The second-order valence-corrected chi connectivity index (χ2v) is 5.08. The van der Waals surface area contributed by atoms with Crippen molar-refractivity contribution in [2.24, 2.45) is 0 Å². The first-order chi connectivity index (χ1) is 8.15. The van der Waals surface area contributed by atoms with Crippen LogP contribution in [0.1, 0.15) is 19.5 Å². The molecule has 0 aliphatic carbocycles. The molecule has 0 fully saturated rings. The Kier molecular flexibility index (Phi) is 3.91. The predicted molar refractivity (Wildman–Crippen MR) is 71.0 cm³/mol. The number of hydrogen-bond acceptors (Lipinski definition) is 3. The fourth-order valence-corrected chi connectivity index (χ4v) is 1.80. The smallest absolute Gasteiger partial charge is 0.0996 e. The van der Waals surface area contributed by atoms with Gasteiger partial charge in [-0.05, 0) is 22.0 Å². The van der Waals surface area contributed by atoms with Crippen molar-refractivity contribution in [3.8, 4) is 5.69 Å². The Balaban J connectivity index is 2.12. The van der Waals surface area contributed by atoms with Crippen molar-refractivity contribution < 1.29 is 0 Å². The van der Waals surface area contributed by atoms with Gasteiger partial charge in [0.1, 0.15) is 0 Å². The lowest BCUT2D eigenvalue weighted by atomic mass is 10.3. The predicted octanol–water partition coefficient (Wildman–Crippen LogP) is 2.53. The van der Waals surface area contributed by atoms with Gasteiger partial charge in [0.05, 0.1) is 23.9 Å². The monoisotopic (exact) mass is 294 g/mol. The van der Waals surface area contributed by atoms with Gasteiger partial charge in [-0.25, -0.2) is 4.98 Å². The van der Waals surface area contributed by atoms with Crippen LogP contribution in [0.15, 0.2) is 35.5 Å². The topological polar surface area (TPSA) is 42.7 Å². The summed E-state index contributed by atoms with van der Waals surface area (Å²) in [5.74, 6) is 0. The lowest BCUT2D eigenvalue weighted by Crippen LogP contribution is -2.21. The van der Waals surface area contributed by atoms with Crippen LogP contribution >= 0.6 is 15.9 Å². The SMILES string of the molecule is CC(C)NCc1cn(-c2cncc(Br)c2)cn1. The van der Waals surface area contributed by atoms with Crippen LogP contribution < -0.4 is 5.32 Å². The van der Waals surface area contributed by atoms with Gasteiger partial charge in [0, 0.05) is 29.5 Å². The van der Waals surface area contributed by atoms with Gasteiger partial charge in [-0.2, -0.15) is 0 Å². The normalized spacial score (nSPS) is 11.1. The van der Waals surface area contributed by atoms with Crippen molar-refractivity contribution in [3.63, 3.8) is 0 Å². The number of halogens is 1. The Morgan fingerprint density at radius 2 is 2.24 bits per heavy atom. The van der Waals surface area contributed by atoms with Gasteiger partial charge in [-0.15, -0.1) is 0 Å². The number of hydrogen-bond donors (Lipinski definition) is 1. The van der Waals surface area contributed by atoms with Gasteiger partial charge in [0.25, 0.3) is 0 Å². The Bertz CT molecular complexity index is 493. The van der Waals surface area contributed by atoms with E-state index in [9.17, 15) is 0 Å². The minimum Gasteiger partial charge on any atom is -0.309 e. The average molecular weight is 295 g/mol. The molecule has 0 atom stereocenters. The van der Waals surface area contributed by atoms with Crippen LogP contribution in [0.3, 0.4) is 0 Å². The van der Waals surface area contributed by atoms with E-state index in [-0.39, 0.29) is 0 Å². The number of nitrogens with zero attached hydrogens (tertiary/aromatic N) is 3. The van der Waals surface area contributed by atoms with Crippen molar-refractivity contribution in [1.82, 2.24) is 19.9 Å². The summed E-state index contributed by atoms with van der Waals surface area (Å²) < 4.78 is 2.93. The van der Waals surface area contributed by atoms with Crippen molar-refractivity contribution in [2.45, 2.75) is 26.4 Å². The van der Waals surface area contributed by atoms with E-state index in [1.807, 2.05) is 23.0 Å². The van der Waals surface area contributed by atoms with Crippen LogP contribution in [0.5, 0.6) is 0 Å². The van der Waals surface area contributed by atoms with Gasteiger partial charge in [-0.1, -0.05) is 13.8 Å². The van der Waals surface area contributed by atoms with Gasteiger partial charge in [0.2, 0.25) is 0 Å². The first-order valence-corrected chi connectivity index (χ1v) is 6.31. The Morgan fingerprint density at radius 3 is 2.94 bits per heavy atom. The molecule has 5 heteroatoms. The van der Waals surface area contributed by atoms with Gasteiger partial charge in [0.15, 0.2) is 0 Å². The van der Waals surface area contributed by atoms with Crippen molar-refractivity contribution in [1.29, 1.82) is 0 Å². The average Bonchev–Trinajstić information content (AvgIpc) is 2.75. The summed E-state index contributed by atoms with van der Waals surface area (Å²) in [5.41, 5.74) is 2.03. The molecule has 17 heavy (non-hydrogen) atoms. The van der Waals surface area contributed by atoms with Crippen LogP contribution in [0.2, 0.25) is 0 Å². The maximum absolute atomic E-state index is 4.35. The number of imidazole rings is 1. The van der Waals surface area contributed by atoms with Crippen LogP contribution in [0.4, 0.5) is 0 Å². The molecule has 4 nitrogen and oxygen atoms in total. The largest absolute Gasteiger partial charge is 0.309 e. The van der Waals surface area contributed by atoms with Gasteiger partial charge in [-0.3, -0.25) is 4.98 Å². The molecule has 90 valence electrons. The van der Waals surface area contributed by atoms with E-state index in [2.05, 4.69) is 45.1 Å². The first kappa shape index (κ1) is 12.3. The van der Waals surface area contributed by atoms with Crippen LogP contribution in [0.25, 0.3) is 5.69 Å². The zero-order chi connectivity index (χ0) is 12.3. The fourth-order valence-electron chi connectivity index (χ4n) is 1.45.